The molecular weight excluding hydrogens is 262 g/mol. The first-order valence-electron chi connectivity index (χ1n) is 7.95. The Morgan fingerprint density at radius 3 is 2.14 bits per heavy atom. The molecule has 0 aliphatic carbocycles. The van der Waals surface area contributed by atoms with E-state index in [2.05, 4.69) is 49.9 Å². The molecule has 5 nitrogen and oxygen atoms in total. The first kappa shape index (κ1) is 16.2. The second-order valence-corrected chi connectivity index (χ2v) is 6.49. The van der Waals surface area contributed by atoms with Gasteiger partial charge in [-0.05, 0) is 33.4 Å². The zero-order chi connectivity index (χ0) is 15.4. The average Bonchev–Trinajstić information content (AvgIpc) is 2.42. The van der Waals surface area contributed by atoms with E-state index in [1.165, 1.54) is 5.56 Å². The smallest absolute Gasteiger partial charge is 0.225 e. The largest absolute Gasteiger partial charge is 0.338 e. The van der Waals surface area contributed by atoms with E-state index in [1.807, 2.05) is 0 Å². The highest BCUT2D eigenvalue weighted by molar-refractivity contribution is 5.37. The molecule has 1 saturated heterocycles. The Kier molecular flexibility index (Phi) is 5.53. The van der Waals surface area contributed by atoms with Crippen LogP contribution in [0.15, 0.2) is 0 Å². The van der Waals surface area contributed by atoms with Crippen LogP contribution in [0.5, 0.6) is 0 Å². The van der Waals surface area contributed by atoms with Crippen LogP contribution in [0.3, 0.4) is 0 Å². The van der Waals surface area contributed by atoms with Gasteiger partial charge in [-0.25, -0.2) is 9.97 Å². The molecule has 118 valence electrons. The van der Waals surface area contributed by atoms with E-state index in [0.29, 0.717) is 5.92 Å². The van der Waals surface area contributed by atoms with Crippen LogP contribution in [0.1, 0.15) is 30.8 Å². The van der Waals surface area contributed by atoms with Crippen molar-refractivity contribution in [2.45, 2.75) is 34.2 Å². The summed E-state index contributed by atoms with van der Waals surface area (Å²) in [6.07, 6.45) is 0. The van der Waals surface area contributed by atoms with E-state index >= 15 is 0 Å². The van der Waals surface area contributed by atoms with Crippen LogP contribution in [0, 0.1) is 19.8 Å². The van der Waals surface area contributed by atoms with E-state index in [1.54, 1.807) is 0 Å². The number of nitrogens with one attached hydrogen (secondary N) is 1. The van der Waals surface area contributed by atoms with Crippen molar-refractivity contribution < 1.29 is 0 Å². The summed E-state index contributed by atoms with van der Waals surface area (Å²) in [6.45, 7) is 14.7. The van der Waals surface area contributed by atoms with Crippen LogP contribution in [0.25, 0.3) is 0 Å². The zero-order valence-electron chi connectivity index (χ0n) is 14.1. The third-order valence-corrected chi connectivity index (χ3v) is 4.05. The molecule has 1 aromatic heterocycles. The third-order valence-electron chi connectivity index (χ3n) is 4.05. The van der Waals surface area contributed by atoms with E-state index in [9.17, 15) is 0 Å². The number of rotatable bonds is 5. The molecule has 0 atom stereocenters. The Hall–Kier alpha value is -1.20. The maximum Gasteiger partial charge on any atom is 0.225 e. The van der Waals surface area contributed by atoms with Gasteiger partial charge in [0.2, 0.25) is 5.95 Å². The Balaban J connectivity index is 2.06. The number of hydrogen-bond acceptors (Lipinski definition) is 5. The molecular formula is C16H29N5. The van der Waals surface area contributed by atoms with Gasteiger partial charge in [0.25, 0.3) is 0 Å². The Labute approximate surface area is 128 Å². The predicted octanol–water partition coefficient (Wildman–Crippen LogP) is 1.59. The number of likely N-dealkylation sites (N-methyl/N-ethyl adjacent to an activating group) is 1. The van der Waals surface area contributed by atoms with E-state index in [4.69, 9.17) is 9.97 Å². The van der Waals surface area contributed by atoms with E-state index in [-0.39, 0.29) is 0 Å². The topological polar surface area (TPSA) is 44.3 Å². The van der Waals surface area contributed by atoms with Crippen molar-refractivity contribution >= 4 is 5.95 Å². The van der Waals surface area contributed by atoms with Crippen molar-refractivity contribution in [1.29, 1.82) is 0 Å². The van der Waals surface area contributed by atoms with Gasteiger partial charge in [-0.2, -0.15) is 0 Å². The minimum absolute atomic E-state index is 0.663. The molecule has 1 aliphatic rings. The number of anilines is 1. The Morgan fingerprint density at radius 1 is 1.05 bits per heavy atom. The maximum absolute atomic E-state index is 4.74. The minimum atomic E-state index is 0.663. The lowest BCUT2D eigenvalue weighted by molar-refractivity contribution is 0.311. The number of aromatic nitrogens is 2. The average molecular weight is 291 g/mol. The summed E-state index contributed by atoms with van der Waals surface area (Å²) < 4.78 is 0. The number of piperazine rings is 1. The summed E-state index contributed by atoms with van der Waals surface area (Å²) in [5.74, 6) is 1.56. The monoisotopic (exact) mass is 291 g/mol. The van der Waals surface area contributed by atoms with Crippen LogP contribution < -0.4 is 10.2 Å². The highest BCUT2D eigenvalue weighted by Crippen LogP contribution is 2.17. The van der Waals surface area contributed by atoms with Gasteiger partial charge in [0.1, 0.15) is 0 Å². The van der Waals surface area contributed by atoms with Crippen LogP contribution >= 0.6 is 0 Å². The lowest BCUT2D eigenvalue weighted by Crippen LogP contribution is -2.45. The first-order valence-corrected chi connectivity index (χ1v) is 7.95. The molecule has 2 heterocycles. The number of nitrogens with zero attached hydrogens (tertiary/aromatic N) is 4. The molecule has 21 heavy (non-hydrogen) atoms. The van der Waals surface area contributed by atoms with Gasteiger partial charge < -0.3 is 15.1 Å². The molecule has 0 bridgehead atoms. The molecule has 0 amide bonds. The first-order chi connectivity index (χ1) is 9.97. The van der Waals surface area contributed by atoms with Crippen LogP contribution in [-0.4, -0.2) is 54.6 Å². The van der Waals surface area contributed by atoms with Crippen molar-refractivity contribution in [2.75, 3.05) is 44.7 Å². The number of aryl methyl sites for hydroxylation is 2. The summed E-state index contributed by atoms with van der Waals surface area (Å²) >= 11 is 0. The molecule has 2 rings (SSSR count). The van der Waals surface area contributed by atoms with Crippen molar-refractivity contribution in [3.63, 3.8) is 0 Å². The SMILES string of the molecule is Cc1nc(N2CCN(C)CC2)nc(C)c1CNCC(C)C. The Bertz CT molecular complexity index is 441. The highest BCUT2D eigenvalue weighted by Gasteiger charge is 2.18. The maximum atomic E-state index is 4.74. The quantitative estimate of drug-likeness (QED) is 0.892. The van der Waals surface area contributed by atoms with Gasteiger partial charge in [0.05, 0.1) is 0 Å². The normalized spacial score (nSPS) is 16.8. The molecule has 0 saturated carbocycles. The molecule has 5 heteroatoms. The lowest BCUT2D eigenvalue weighted by Gasteiger charge is -2.32. The van der Waals surface area contributed by atoms with Gasteiger partial charge in [0.15, 0.2) is 0 Å². The molecule has 1 aliphatic heterocycles. The predicted molar refractivity (Wildman–Crippen MR) is 87.8 cm³/mol. The second kappa shape index (κ2) is 7.18. The van der Waals surface area contributed by atoms with Crippen molar-refractivity contribution in [3.05, 3.63) is 17.0 Å². The van der Waals surface area contributed by atoms with E-state index in [0.717, 1.165) is 56.6 Å². The second-order valence-electron chi connectivity index (χ2n) is 6.49. The molecule has 0 radical (unpaired) electrons. The molecule has 0 unspecified atom stereocenters. The van der Waals surface area contributed by atoms with Gasteiger partial charge in [-0.15, -0.1) is 0 Å². The van der Waals surface area contributed by atoms with E-state index < -0.39 is 0 Å². The van der Waals surface area contributed by atoms with Gasteiger partial charge in [-0.3, -0.25) is 0 Å². The van der Waals surface area contributed by atoms with Crippen molar-refractivity contribution in [2.24, 2.45) is 5.92 Å². The summed E-state index contributed by atoms with van der Waals surface area (Å²) in [5, 5.41) is 3.49. The standard InChI is InChI=1S/C16H29N5/c1-12(2)10-17-11-15-13(3)18-16(19-14(15)4)21-8-6-20(5)7-9-21/h12,17H,6-11H2,1-5H3. The van der Waals surface area contributed by atoms with Crippen LogP contribution in [0.4, 0.5) is 5.95 Å². The molecule has 0 spiro atoms. The molecule has 0 aromatic carbocycles. The fraction of sp³-hybridized carbons (Fsp3) is 0.750. The summed E-state index contributed by atoms with van der Waals surface area (Å²) in [4.78, 5) is 14.1. The summed E-state index contributed by atoms with van der Waals surface area (Å²) in [6, 6.07) is 0. The van der Waals surface area contributed by atoms with Crippen LogP contribution in [-0.2, 0) is 6.54 Å². The van der Waals surface area contributed by atoms with Gasteiger partial charge in [0, 0.05) is 49.7 Å². The lowest BCUT2D eigenvalue weighted by atomic mass is 10.1. The van der Waals surface area contributed by atoms with Crippen LogP contribution in [0.2, 0.25) is 0 Å². The van der Waals surface area contributed by atoms with Crippen molar-refractivity contribution in [1.82, 2.24) is 20.2 Å². The zero-order valence-corrected chi connectivity index (χ0v) is 14.1. The highest BCUT2D eigenvalue weighted by atomic mass is 15.3. The summed E-state index contributed by atoms with van der Waals surface area (Å²) in [7, 11) is 2.16. The molecule has 1 N–H and O–H groups in total. The fourth-order valence-corrected chi connectivity index (χ4v) is 2.61. The Morgan fingerprint density at radius 2 is 1.62 bits per heavy atom. The third kappa shape index (κ3) is 4.38. The molecule has 1 fully saturated rings. The van der Waals surface area contributed by atoms with Gasteiger partial charge >= 0.3 is 0 Å². The van der Waals surface area contributed by atoms with Gasteiger partial charge in [-0.1, -0.05) is 13.8 Å². The molecule has 1 aromatic rings. The summed E-state index contributed by atoms with van der Waals surface area (Å²) in [5.41, 5.74) is 3.45. The minimum Gasteiger partial charge on any atom is -0.338 e. The number of hydrogen-bond donors (Lipinski definition) is 1. The van der Waals surface area contributed by atoms with Crippen molar-refractivity contribution in [3.8, 4) is 0 Å². The fourth-order valence-electron chi connectivity index (χ4n) is 2.61.